The van der Waals surface area contributed by atoms with E-state index in [9.17, 15) is 9.18 Å². The predicted octanol–water partition coefficient (Wildman–Crippen LogP) is 3.37. The van der Waals surface area contributed by atoms with Gasteiger partial charge in [0.2, 0.25) is 0 Å². The molecule has 0 radical (unpaired) electrons. The highest BCUT2D eigenvalue weighted by molar-refractivity contribution is 5.95. The molecule has 0 spiro atoms. The molecule has 0 atom stereocenters. The Balaban J connectivity index is 1.86. The van der Waals surface area contributed by atoms with E-state index in [4.69, 9.17) is 0 Å². The summed E-state index contributed by atoms with van der Waals surface area (Å²) in [4.78, 5) is 14.5. The number of hydrogen-bond acceptors (Lipinski definition) is 1. The van der Waals surface area contributed by atoms with Gasteiger partial charge in [0.1, 0.15) is 5.82 Å². The zero-order chi connectivity index (χ0) is 12.5. The first-order chi connectivity index (χ1) is 8.77. The van der Waals surface area contributed by atoms with Crippen molar-refractivity contribution >= 4 is 5.91 Å². The molecule has 2 nitrogen and oxygen atoms in total. The number of halogens is 1. The molecule has 96 valence electrons. The Morgan fingerprint density at radius 1 is 1.06 bits per heavy atom. The highest BCUT2D eigenvalue weighted by Gasteiger charge is 2.39. The number of amides is 1. The summed E-state index contributed by atoms with van der Waals surface area (Å²) in [7, 11) is 0. The number of nitrogens with zero attached hydrogens (tertiary/aromatic N) is 1. The fraction of sp³-hybridized carbons (Fsp3) is 0.533. The quantitative estimate of drug-likeness (QED) is 0.802. The first kappa shape index (κ1) is 11.7. The van der Waals surface area contributed by atoms with E-state index in [2.05, 4.69) is 0 Å². The van der Waals surface area contributed by atoms with E-state index >= 15 is 0 Å². The molecule has 0 unspecified atom stereocenters. The van der Waals surface area contributed by atoms with Gasteiger partial charge >= 0.3 is 0 Å². The smallest absolute Gasteiger partial charge is 0.257 e. The topological polar surface area (TPSA) is 20.3 Å². The summed E-state index contributed by atoms with van der Waals surface area (Å²) < 4.78 is 13.7. The summed E-state index contributed by atoms with van der Waals surface area (Å²) in [6.07, 6.45) is 6.71. The van der Waals surface area contributed by atoms with Crippen molar-refractivity contribution in [1.29, 1.82) is 0 Å². The van der Waals surface area contributed by atoms with Crippen molar-refractivity contribution in [1.82, 2.24) is 4.90 Å². The van der Waals surface area contributed by atoms with Crippen LogP contribution in [0.3, 0.4) is 0 Å². The van der Waals surface area contributed by atoms with Gasteiger partial charge in [-0.15, -0.1) is 0 Å². The van der Waals surface area contributed by atoms with E-state index in [1.165, 1.54) is 18.9 Å². The molecule has 0 aromatic heterocycles. The van der Waals surface area contributed by atoms with Gasteiger partial charge in [0.15, 0.2) is 0 Å². The van der Waals surface area contributed by atoms with Gasteiger partial charge in [0, 0.05) is 12.1 Å². The SMILES string of the molecule is O=C(c1ccccc1F)N(C1CCCC1)C1CC1. The van der Waals surface area contributed by atoms with Crippen LogP contribution in [0.15, 0.2) is 24.3 Å². The molecule has 18 heavy (non-hydrogen) atoms. The molecule has 0 saturated heterocycles. The Morgan fingerprint density at radius 3 is 2.28 bits per heavy atom. The summed E-state index contributed by atoms with van der Waals surface area (Å²) in [5.74, 6) is -0.506. The number of benzene rings is 1. The fourth-order valence-corrected chi connectivity index (χ4v) is 2.94. The van der Waals surface area contributed by atoms with E-state index in [-0.39, 0.29) is 11.5 Å². The molecule has 2 fully saturated rings. The second-order valence-corrected chi connectivity index (χ2v) is 5.36. The Kier molecular flexibility index (Phi) is 3.06. The van der Waals surface area contributed by atoms with E-state index in [0.29, 0.717) is 12.1 Å². The largest absolute Gasteiger partial charge is 0.333 e. The lowest BCUT2D eigenvalue weighted by molar-refractivity contribution is 0.0659. The van der Waals surface area contributed by atoms with Crippen LogP contribution in [0.25, 0.3) is 0 Å². The molecule has 0 heterocycles. The normalized spacial score (nSPS) is 20.1. The zero-order valence-electron chi connectivity index (χ0n) is 10.4. The summed E-state index contributed by atoms with van der Waals surface area (Å²) in [6.45, 7) is 0. The van der Waals surface area contributed by atoms with E-state index in [0.717, 1.165) is 25.7 Å². The average Bonchev–Trinajstić information content (AvgIpc) is 3.05. The van der Waals surface area contributed by atoms with Crippen molar-refractivity contribution in [3.05, 3.63) is 35.6 Å². The molecule has 0 bridgehead atoms. The maximum atomic E-state index is 13.7. The molecule has 2 aliphatic carbocycles. The Hall–Kier alpha value is -1.38. The highest BCUT2D eigenvalue weighted by Crippen LogP contribution is 2.35. The first-order valence-corrected chi connectivity index (χ1v) is 6.84. The maximum Gasteiger partial charge on any atom is 0.257 e. The molecule has 1 aromatic rings. The molecule has 1 amide bonds. The third-order valence-electron chi connectivity index (χ3n) is 4.00. The average molecular weight is 247 g/mol. The minimum absolute atomic E-state index is 0.109. The van der Waals surface area contributed by atoms with E-state index in [1.807, 2.05) is 4.90 Å². The third-order valence-corrected chi connectivity index (χ3v) is 4.00. The molecule has 0 N–H and O–H groups in total. The molecule has 0 aliphatic heterocycles. The fourth-order valence-electron chi connectivity index (χ4n) is 2.94. The Labute approximate surface area is 107 Å². The monoisotopic (exact) mass is 247 g/mol. The number of carbonyl (C=O) groups excluding carboxylic acids is 1. The summed E-state index contributed by atoms with van der Waals surface area (Å²) in [5, 5.41) is 0. The number of carbonyl (C=O) groups is 1. The van der Waals surface area contributed by atoms with Crippen LogP contribution in [-0.2, 0) is 0 Å². The van der Waals surface area contributed by atoms with Gasteiger partial charge in [-0.1, -0.05) is 25.0 Å². The zero-order valence-corrected chi connectivity index (χ0v) is 10.4. The lowest BCUT2D eigenvalue weighted by Gasteiger charge is -2.29. The number of hydrogen-bond donors (Lipinski definition) is 0. The van der Waals surface area contributed by atoms with Gasteiger partial charge in [-0.25, -0.2) is 4.39 Å². The Bertz CT molecular complexity index is 450. The molecular weight excluding hydrogens is 229 g/mol. The van der Waals surface area contributed by atoms with Gasteiger partial charge in [0.25, 0.3) is 5.91 Å². The standard InChI is InChI=1S/C15H18FNO/c16-14-8-4-3-7-13(14)15(18)17(12-9-10-12)11-5-1-2-6-11/h3-4,7-8,11-12H,1-2,5-6,9-10H2. The van der Waals surface area contributed by atoms with Gasteiger partial charge < -0.3 is 4.90 Å². The van der Waals surface area contributed by atoms with Crippen LogP contribution >= 0.6 is 0 Å². The Morgan fingerprint density at radius 2 is 1.67 bits per heavy atom. The third kappa shape index (κ3) is 2.14. The first-order valence-electron chi connectivity index (χ1n) is 6.84. The van der Waals surface area contributed by atoms with Gasteiger partial charge in [-0.3, -0.25) is 4.79 Å². The van der Waals surface area contributed by atoms with Crippen LogP contribution < -0.4 is 0 Å². The molecule has 2 saturated carbocycles. The summed E-state index contributed by atoms with van der Waals surface area (Å²) in [5.41, 5.74) is 0.233. The van der Waals surface area contributed by atoms with Crippen LogP contribution in [0.5, 0.6) is 0 Å². The van der Waals surface area contributed by atoms with Crippen molar-refractivity contribution in [3.8, 4) is 0 Å². The van der Waals surface area contributed by atoms with Crippen molar-refractivity contribution in [2.45, 2.75) is 50.6 Å². The van der Waals surface area contributed by atoms with E-state index < -0.39 is 5.82 Å². The second-order valence-electron chi connectivity index (χ2n) is 5.36. The molecule has 3 rings (SSSR count). The van der Waals surface area contributed by atoms with Crippen molar-refractivity contribution < 1.29 is 9.18 Å². The lowest BCUT2D eigenvalue weighted by atomic mass is 10.1. The van der Waals surface area contributed by atoms with Crippen LogP contribution in [0.4, 0.5) is 4.39 Å². The summed E-state index contributed by atoms with van der Waals surface area (Å²) >= 11 is 0. The maximum absolute atomic E-state index is 13.7. The lowest BCUT2D eigenvalue weighted by Crippen LogP contribution is -2.40. The van der Waals surface area contributed by atoms with Crippen LogP contribution in [-0.4, -0.2) is 22.9 Å². The van der Waals surface area contributed by atoms with Crippen molar-refractivity contribution in [2.24, 2.45) is 0 Å². The van der Waals surface area contributed by atoms with Crippen molar-refractivity contribution in [3.63, 3.8) is 0 Å². The number of rotatable bonds is 3. The van der Waals surface area contributed by atoms with Crippen LogP contribution in [0.1, 0.15) is 48.9 Å². The molecule has 2 aliphatic rings. The molecular formula is C15H18FNO. The van der Waals surface area contributed by atoms with Gasteiger partial charge in [-0.05, 0) is 37.8 Å². The molecule has 3 heteroatoms. The van der Waals surface area contributed by atoms with E-state index in [1.54, 1.807) is 18.2 Å². The minimum Gasteiger partial charge on any atom is -0.333 e. The van der Waals surface area contributed by atoms with Crippen molar-refractivity contribution in [2.75, 3.05) is 0 Å². The van der Waals surface area contributed by atoms with Gasteiger partial charge in [-0.2, -0.15) is 0 Å². The van der Waals surface area contributed by atoms with Crippen LogP contribution in [0.2, 0.25) is 0 Å². The van der Waals surface area contributed by atoms with Gasteiger partial charge in [0.05, 0.1) is 5.56 Å². The minimum atomic E-state index is -0.397. The molecule has 1 aromatic carbocycles. The summed E-state index contributed by atoms with van der Waals surface area (Å²) in [6, 6.07) is 7.03. The predicted molar refractivity (Wildman–Crippen MR) is 67.8 cm³/mol. The van der Waals surface area contributed by atoms with Crippen LogP contribution in [0, 0.1) is 5.82 Å². The second kappa shape index (κ2) is 4.71. The highest BCUT2D eigenvalue weighted by atomic mass is 19.1.